The van der Waals surface area contributed by atoms with Crippen LogP contribution >= 0.6 is 0 Å². The van der Waals surface area contributed by atoms with Crippen LogP contribution in [0.25, 0.3) is 0 Å². The maximum absolute atomic E-state index is 12.8. The van der Waals surface area contributed by atoms with Crippen LogP contribution in [0.4, 0.5) is 0 Å². The number of nitrogens with zero attached hydrogens (tertiary/aromatic N) is 1. The third-order valence-corrected chi connectivity index (χ3v) is 4.11. The highest BCUT2D eigenvalue weighted by Crippen LogP contribution is 2.21. The van der Waals surface area contributed by atoms with E-state index in [0.717, 1.165) is 25.0 Å². The Labute approximate surface area is 136 Å². The molecule has 1 aliphatic heterocycles. The van der Waals surface area contributed by atoms with E-state index >= 15 is 0 Å². The average Bonchev–Trinajstić information content (AvgIpc) is 3.09. The number of benzene rings is 2. The molecule has 0 radical (unpaired) electrons. The molecule has 1 amide bonds. The Balaban J connectivity index is 1.81. The quantitative estimate of drug-likeness (QED) is 0.922. The highest BCUT2D eigenvalue weighted by Gasteiger charge is 2.24. The van der Waals surface area contributed by atoms with E-state index in [1.807, 2.05) is 42.5 Å². The van der Waals surface area contributed by atoms with Gasteiger partial charge in [0.2, 0.25) is 0 Å². The van der Waals surface area contributed by atoms with Crippen molar-refractivity contribution in [1.82, 2.24) is 4.90 Å². The molecule has 4 heteroatoms. The van der Waals surface area contributed by atoms with Crippen molar-refractivity contribution in [2.24, 2.45) is 0 Å². The largest absolute Gasteiger partial charge is 0.508 e. The Morgan fingerprint density at radius 1 is 1.13 bits per heavy atom. The Morgan fingerprint density at radius 3 is 2.57 bits per heavy atom. The lowest BCUT2D eigenvalue weighted by atomic mass is 10.1. The predicted octanol–water partition coefficient (Wildman–Crippen LogP) is 3.21. The molecule has 1 saturated heterocycles. The lowest BCUT2D eigenvalue weighted by Gasteiger charge is -2.26. The molecule has 1 aliphatic rings. The molecule has 3 rings (SSSR count). The van der Waals surface area contributed by atoms with Crippen molar-refractivity contribution >= 4 is 5.91 Å². The number of carbonyl (C=O) groups excluding carboxylic acids is 1. The van der Waals surface area contributed by atoms with Gasteiger partial charge in [-0.25, -0.2) is 0 Å². The van der Waals surface area contributed by atoms with E-state index in [9.17, 15) is 9.90 Å². The van der Waals surface area contributed by atoms with Gasteiger partial charge in [0.25, 0.3) is 5.91 Å². The van der Waals surface area contributed by atoms with Gasteiger partial charge in [-0.15, -0.1) is 0 Å². The molecule has 1 fully saturated rings. The van der Waals surface area contributed by atoms with E-state index in [4.69, 9.17) is 4.74 Å². The molecular weight excluding hydrogens is 290 g/mol. The highest BCUT2D eigenvalue weighted by atomic mass is 16.5. The van der Waals surface area contributed by atoms with Gasteiger partial charge in [0, 0.05) is 30.8 Å². The zero-order valence-corrected chi connectivity index (χ0v) is 13.0. The standard InChI is InChI=1S/C19H21NO3/c21-18-11-5-4-9-16(18)13-20(14-17-10-6-12-23-17)19(22)15-7-2-1-3-8-15/h1-5,7-9,11,17,21H,6,10,12-14H2. The fraction of sp³-hybridized carbons (Fsp3) is 0.316. The van der Waals surface area contributed by atoms with Crippen LogP contribution in [0.2, 0.25) is 0 Å². The van der Waals surface area contributed by atoms with Crippen LogP contribution in [0.15, 0.2) is 54.6 Å². The molecule has 2 aromatic carbocycles. The maximum atomic E-state index is 12.8. The Hall–Kier alpha value is -2.33. The van der Waals surface area contributed by atoms with Gasteiger partial charge in [-0.3, -0.25) is 4.79 Å². The molecule has 1 heterocycles. The van der Waals surface area contributed by atoms with Crippen LogP contribution in [0, 0.1) is 0 Å². The van der Waals surface area contributed by atoms with E-state index in [0.29, 0.717) is 18.7 Å². The lowest BCUT2D eigenvalue weighted by molar-refractivity contribution is 0.0506. The minimum Gasteiger partial charge on any atom is -0.508 e. The Morgan fingerprint density at radius 2 is 1.87 bits per heavy atom. The summed E-state index contributed by atoms with van der Waals surface area (Å²) in [6.45, 7) is 1.68. The number of phenols is 1. The minimum atomic E-state index is -0.0376. The average molecular weight is 311 g/mol. The molecule has 23 heavy (non-hydrogen) atoms. The van der Waals surface area contributed by atoms with Crippen molar-refractivity contribution in [2.45, 2.75) is 25.5 Å². The van der Waals surface area contributed by atoms with Gasteiger partial charge in [-0.1, -0.05) is 36.4 Å². The predicted molar refractivity (Wildman–Crippen MR) is 88.3 cm³/mol. The second kappa shape index (κ2) is 7.29. The summed E-state index contributed by atoms with van der Waals surface area (Å²) in [6, 6.07) is 16.4. The van der Waals surface area contributed by atoms with Gasteiger partial charge in [0.05, 0.1) is 6.10 Å². The monoisotopic (exact) mass is 311 g/mol. The Kier molecular flexibility index (Phi) is 4.93. The fourth-order valence-electron chi connectivity index (χ4n) is 2.87. The SMILES string of the molecule is O=C(c1ccccc1)N(Cc1ccccc1O)CC1CCCO1. The summed E-state index contributed by atoms with van der Waals surface area (Å²) in [4.78, 5) is 14.6. The molecule has 4 nitrogen and oxygen atoms in total. The first-order valence-electron chi connectivity index (χ1n) is 7.97. The zero-order chi connectivity index (χ0) is 16.1. The molecule has 0 bridgehead atoms. The number of ether oxygens (including phenoxy) is 1. The molecule has 0 aromatic heterocycles. The summed E-state index contributed by atoms with van der Waals surface area (Å²) in [6.07, 6.45) is 2.09. The number of aromatic hydroxyl groups is 1. The van der Waals surface area contributed by atoms with Crippen molar-refractivity contribution in [3.8, 4) is 5.75 Å². The highest BCUT2D eigenvalue weighted by molar-refractivity contribution is 5.94. The van der Waals surface area contributed by atoms with E-state index in [2.05, 4.69) is 0 Å². The molecule has 1 atom stereocenters. The summed E-state index contributed by atoms with van der Waals surface area (Å²) in [5.41, 5.74) is 1.40. The molecule has 120 valence electrons. The summed E-state index contributed by atoms with van der Waals surface area (Å²) < 4.78 is 5.68. The third-order valence-electron chi connectivity index (χ3n) is 4.11. The normalized spacial score (nSPS) is 17.1. The van der Waals surface area contributed by atoms with Gasteiger partial charge in [-0.2, -0.15) is 0 Å². The molecule has 0 spiro atoms. The molecule has 2 aromatic rings. The maximum Gasteiger partial charge on any atom is 0.254 e. The van der Waals surface area contributed by atoms with Crippen LogP contribution in [-0.2, 0) is 11.3 Å². The molecular formula is C19H21NO3. The van der Waals surface area contributed by atoms with Gasteiger partial charge in [0.15, 0.2) is 0 Å². The number of hydrogen-bond acceptors (Lipinski definition) is 3. The lowest BCUT2D eigenvalue weighted by Crippen LogP contribution is -2.37. The van der Waals surface area contributed by atoms with Crippen LogP contribution < -0.4 is 0 Å². The third kappa shape index (κ3) is 3.90. The number of para-hydroxylation sites is 1. The summed E-state index contributed by atoms with van der Waals surface area (Å²) in [7, 11) is 0. The molecule has 1 N–H and O–H groups in total. The van der Waals surface area contributed by atoms with E-state index in [-0.39, 0.29) is 17.8 Å². The fourth-order valence-corrected chi connectivity index (χ4v) is 2.87. The summed E-state index contributed by atoms with van der Waals surface area (Å²) >= 11 is 0. The first kappa shape index (κ1) is 15.6. The second-order valence-corrected chi connectivity index (χ2v) is 5.82. The number of carbonyl (C=O) groups is 1. The van der Waals surface area contributed by atoms with E-state index < -0.39 is 0 Å². The summed E-state index contributed by atoms with van der Waals surface area (Å²) in [5.74, 6) is 0.176. The van der Waals surface area contributed by atoms with Crippen LogP contribution in [0.1, 0.15) is 28.8 Å². The number of rotatable bonds is 5. The second-order valence-electron chi connectivity index (χ2n) is 5.82. The number of phenolic OH excluding ortho intramolecular Hbond substituents is 1. The van der Waals surface area contributed by atoms with Crippen molar-refractivity contribution < 1.29 is 14.6 Å². The van der Waals surface area contributed by atoms with E-state index in [1.165, 1.54) is 0 Å². The van der Waals surface area contributed by atoms with Crippen LogP contribution in [-0.4, -0.2) is 35.2 Å². The summed E-state index contributed by atoms with van der Waals surface area (Å²) in [5, 5.41) is 10.0. The number of hydrogen-bond donors (Lipinski definition) is 1. The van der Waals surface area contributed by atoms with Crippen LogP contribution in [0.5, 0.6) is 5.75 Å². The first-order chi connectivity index (χ1) is 11.2. The van der Waals surface area contributed by atoms with Gasteiger partial charge < -0.3 is 14.7 Å². The van der Waals surface area contributed by atoms with Crippen molar-refractivity contribution in [3.05, 3.63) is 65.7 Å². The number of amides is 1. The molecule has 0 aliphatic carbocycles. The van der Waals surface area contributed by atoms with Gasteiger partial charge in [0.1, 0.15) is 5.75 Å². The molecule has 1 unspecified atom stereocenters. The Bertz CT molecular complexity index is 651. The van der Waals surface area contributed by atoms with Gasteiger partial charge >= 0.3 is 0 Å². The smallest absolute Gasteiger partial charge is 0.254 e. The zero-order valence-electron chi connectivity index (χ0n) is 13.0. The topological polar surface area (TPSA) is 49.8 Å². The van der Waals surface area contributed by atoms with Crippen molar-refractivity contribution in [1.29, 1.82) is 0 Å². The first-order valence-corrected chi connectivity index (χ1v) is 7.97. The van der Waals surface area contributed by atoms with Gasteiger partial charge in [-0.05, 0) is 31.0 Å². The minimum absolute atomic E-state index is 0.0376. The van der Waals surface area contributed by atoms with Crippen molar-refractivity contribution in [3.63, 3.8) is 0 Å². The van der Waals surface area contributed by atoms with Crippen molar-refractivity contribution in [2.75, 3.05) is 13.2 Å². The molecule has 0 saturated carbocycles. The van der Waals surface area contributed by atoms with E-state index in [1.54, 1.807) is 17.0 Å². The van der Waals surface area contributed by atoms with Crippen LogP contribution in [0.3, 0.4) is 0 Å².